The molecule has 0 radical (unpaired) electrons. The van der Waals surface area contributed by atoms with E-state index in [4.69, 9.17) is 0 Å². The third-order valence-corrected chi connectivity index (χ3v) is 4.18. The molecule has 0 saturated heterocycles. The molecule has 1 rings (SSSR count). The molecule has 0 aliphatic rings. The number of halogens is 1. The van der Waals surface area contributed by atoms with Crippen molar-refractivity contribution in [3.63, 3.8) is 0 Å². The Morgan fingerprint density at radius 1 is 1.13 bits per heavy atom. The van der Waals surface area contributed by atoms with Gasteiger partial charge in [-0.2, -0.15) is 0 Å². The third-order valence-electron chi connectivity index (χ3n) is 4.18. The van der Waals surface area contributed by atoms with Gasteiger partial charge in [-0.05, 0) is 31.1 Å². The van der Waals surface area contributed by atoms with E-state index < -0.39 is 0 Å². The van der Waals surface area contributed by atoms with Crippen molar-refractivity contribution in [3.05, 3.63) is 17.7 Å². The topological polar surface area (TPSA) is 29.0 Å². The second-order valence-corrected chi connectivity index (χ2v) is 7.55. The van der Waals surface area contributed by atoms with Crippen molar-refractivity contribution in [2.24, 2.45) is 5.41 Å². The standard InChI is InChI=1S/C19H34FN3/c1-7-10-15(11-8-2)23(13-12-19(4,5)6)18-21-14-16(20)17(9-3)22-18/h14-15H,7-13H2,1-6H3. The zero-order valence-corrected chi connectivity index (χ0v) is 15.8. The maximum absolute atomic E-state index is 13.8. The van der Waals surface area contributed by atoms with Gasteiger partial charge in [-0.3, -0.25) is 0 Å². The molecule has 1 aromatic rings. The Labute approximate surface area is 141 Å². The number of nitrogens with zero attached hydrogens (tertiary/aromatic N) is 3. The van der Waals surface area contributed by atoms with Crippen LogP contribution in [-0.2, 0) is 6.42 Å². The summed E-state index contributed by atoms with van der Waals surface area (Å²) in [6.07, 6.45) is 7.53. The lowest BCUT2D eigenvalue weighted by atomic mass is 9.91. The monoisotopic (exact) mass is 323 g/mol. The number of anilines is 1. The van der Waals surface area contributed by atoms with Crippen LogP contribution in [0, 0.1) is 11.2 Å². The van der Waals surface area contributed by atoms with E-state index in [1.807, 2.05) is 6.92 Å². The quantitative estimate of drug-likeness (QED) is 0.610. The molecule has 0 aliphatic heterocycles. The Hall–Kier alpha value is -1.19. The van der Waals surface area contributed by atoms with Gasteiger partial charge in [-0.15, -0.1) is 0 Å². The highest BCUT2D eigenvalue weighted by Gasteiger charge is 2.23. The molecule has 0 aromatic carbocycles. The second kappa shape index (κ2) is 9.19. The highest BCUT2D eigenvalue weighted by molar-refractivity contribution is 5.32. The molecule has 1 heterocycles. The summed E-state index contributed by atoms with van der Waals surface area (Å²) in [5, 5.41) is 0. The lowest BCUT2D eigenvalue weighted by molar-refractivity contribution is 0.363. The fourth-order valence-electron chi connectivity index (χ4n) is 2.80. The van der Waals surface area contributed by atoms with Crippen LogP contribution in [0.15, 0.2) is 6.20 Å². The molecular formula is C19H34FN3. The van der Waals surface area contributed by atoms with E-state index in [0.29, 0.717) is 24.1 Å². The summed E-state index contributed by atoms with van der Waals surface area (Å²) >= 11 is 0. The van der Waals surface area contributed by atoms with E-state index in [2.05, 4.69) is 49.5 Å². The molecule has 0 saturated carbocycles. The maximum atomic E-state index is 13.8. The average Bonchev–Trinajstić information content (AvgIpc) is 2.48. The first kappa shape index (κ1) is 19.9. The Balaban J connectivity index is 3.10. The van der Waals surface area contributed by atoms with Gasteiger partial charge in [0.2, 0.25) is 5.95 Å². The summed E-state index contributed by atoms with van der Waals surface area (Å²) < 4.78 is 13.8. The molecule has 1 aromatic heterocycles. The van der Waals surface area contributed by atoms with E-state index in [0.717, 1.165) is 38.6 Å². The van der Waals surface area contributed by atoms with Gasteiger partial charge in [0.05, 0.1) is 11.9 Å². The van der Waals surface area contributed by atoms with Crippen LogP contribution in [-0.4, -0.2) is 22.6 Å². The molecular weight excluding hydrogens is 289 g/mol. The maximum Gasteiger partial charge on any atom is 0.225 e. The van der Waals surface area contributed by atoms with Crippen LogP contribution in [0.25, 0.3) is 0 Å². The van der Waals surface area contributed by atoms with E-state index in [1.165, 1.54) is 6.20 Å². The molecule has 0 aliphatic carbocycles. The summed E-state index contributed by atoms with van der Waals surface area (Å²) in [5.74, 6) is 0.397. The van der Waals surface area contributed by atoms with E-state index in [-0.39, 0.29) is 11.2 Å². The second-order valence-electron chi connectivity index (χ2n) is 7.55. The molecule has 0 amide bonds. The van der Waals surface area contributed by atoms with Crippen molar-refractivity contribution < 1.29 is 4.39 Å². The van der Waals surface area contributed by atoms with Gasteiger partial charge < -0.3 is 4.90 Å². The molecule has 0 fully saturated rings. The summed E-state index contributed by atoms with van der Waals surface area (Å²) in [6, 6.07) is 0.433. The van der Waals surface area contributed by atoms with Crippen molar-refractivity contribution in [3.8, 4) is 0 Å². The van der Waals surface area contributed by atoms with E-state index in [9.17, 15) is 4.39 Å². The van der Waals surface area contributed by atoms with Crippen LogP contribution in [0.4, 0.5) is 10.3 Å². The first-order valence-corrected chi connectivity index (χ1v) is 9.10. The van der Waals surface area contributed by atoms with Gasteiger partial charge in [-0.1, -0.05) is 54.4 Å². The minimum Gasteiger partial charge on any atom is -0.338 e. The predicted molar refractivity (Wildman–Crippen MR) is 96.4 cm³/mol. The first-order valence-electron chi connectivity index (χ1n) is 9.10. The molecule has 0 bridgehead atoms. The highest BCUT2D eigenvalue weighted by Crippen LogP contribution is 2.25. The lowest BCUT2D eigenvalue weighted by Crippen LogP contribution is -2.39. The van der Waals surface area contributed by atoms with Crippen LogP contribution in [0.5, 0.6) is 0 Å². The zero-order chi connectivity index (χ0) is 17.5. The molecule has 0 unspecified atom stereocenters. The number of hydrogen-bond donors (Lipinski definition) is 0. The average molecular weight is 324 g/mol. The van der Waals surface area contributed by atoms with Gasteiger partial charge in [0, 0.05) is 12.6 Å². The van der Waals surface area contributed by atoms with Gasteiger partial charge in [-0.25, -0.2) is 14.4 Å². The molecule has 0 N–H and O–H groups in total. The fourth-order valence-corrected chi connectivity index (χ4v) is 2.80. The summed E-state index contributed by atoms with van der Waals surface area (Å²) in [7, 11) is 0. The lowest BCUT2D eigenvalue weighted by Gasteiger charge is -2.34. The number of rotatable bonds is 9. The van der Waals surface area contributed by atoms with Crippen LogP contribution in [0.1, 0.15) is 79.3 Å². The van der Waals surface area contributed by atoms with Crippen LogP contribution >= 0.6 is 0 Å². The van der Waals surface area contributed by atoms with Gasteiger partial charge in [0.25, 0.3) is 0 Å². The van der Waals surface area contributed by atoms with Crippen LogP contribution in [0.3, 0.4) is 0 Å². The molecule has 4 heteroatoms. The Bertz CT molecular complexity index is 462. The predicted octanol–water partition coefficient (Wildman–Crippen LogP) is 5.39. The summed E-state index contributed by atoms with van der Waals surface area (Å²) in [6.45, 7) is 14.0. The Morgan fingerprint density at radius 2 is 1.74 bits per heavy atom. The number of aromatic nitrogens is 2. The zero-order valence-electron chi connectivity index (χ0n) is 15.8. The smallest absolute Gasteiger partial charge is 0.225 e. The third kappa shape index (κ3) is 6.44. The molecule has 132 valence electrons. The SMILES string of the molecule is CCCC(CCC)N(CCC(C)(C)C)c1ncc(F)c(CC)n1. The summed E-state index contributed by atoms with van der Waals surface area (Å²) in [4.78, 5) is 11.1. The van der Waals surface area contributed by atoms with E-state index in [1.54, 1.807) is 0 Å². The Kier molecular flexibility index (Phi) is 7.93. The van der Waals surface area contributed by atoms with Crippen molar-refractivity contribution in [1.82, 2.24) is 9.97 Å². The largest absolute Gasteiger partial charge is 0.338 e. The van der Waals surface area contributed by atoms with Crippen molar-refractivity contribution in [2.45, 2.75) is 86.1 Å². The highest BCUT2D eigenvalue weighted by atomic mass is 19.1. The minimum absolute atomic E-state index is 0.259. The normalized spacial score (nSPS) is 12.0. The number of aryl methyl sites for hydroxylation is 1. The van der Waals surface area contributed by atoms with Crippen molar-refractivity contribution >= 4 is 5.95 Å². The van der Waals surface area contributed by atoms with Crippen LogP contribution in [0.2, 0.25) is 0 Å². The van der Waals surface area contributed by atoms with Crippen LogP contribution < -0.4 is 4.90 Å². The van der Waals surface area contributed by atoms with Crippen molar-refractivity contribution in [2.75, 3.05) is 11.4 Å². The minimum atomic E-state index is -0.297. The van der Waals surface area contributed by atoms with Crippen molar-refractivity contribution in [1.29, 1.82) is 0 Å². The van der Waals surface area contributed by atoms with Gasteiger partial charge in [0.15, 0.2) is 5.82 Å². The Morgan fingerprint density at radius 3 is 2.22 bits per heavy atom. The molecule has 0 atom stereocenters. The van der Waals surface area contributed by atoms with Gasteiger partial charge in [0.1, 0.15) is 0 Å². The molecule has 23 heavy (non-hydrogen) atoms. The molecule has 3 nitrogen and oxygen atoms in total. The summed E-state index contributed by atoms with van der Waals surface area (Å²) in [5.41, 5.74) is 0.775. The van der Waals surface area contributed by atoms with Gasteiger partial charge >= 0.3 is 0 Å². The fraction of sp³-hybridized carbons (Fsp3) is 0.789. The number of hydrogen-bond acceptors (Lipinski definition) is 3. The molecule has 0 spiro atoms. The first-order chi connectivity index (χ1) is 10.8. The van der Waals surface area contributed by atoms with E-state index >= 15 is 0 Å².